The van der Waals surface area contributed by atoms with Gasteiger partial charge in [0, 0.05) is 11.1 Å². The molecule has 0 bridgehead atoms. The predicted octanol–water partition coefficient (Wildman–Crippen LogP) is 2.52. The molecule has 1 unspecified atom stereocenters. The largest absolute Gasteiger partial charge is 0.375 e. The molecule has 1 aliphatic heterocycles. The van der Waals surface area contributed by atoms with Crippen LogP contribution in [0.1, 0.15) is 35.7 Å². The van der Waals surface area contributed by atoms with Gasteiger partial charge in [-0.25, -0.2) is 0 Å². The van der Waals surface area contributed by atoms with E-state index in [1.54, 1.807) is 6.07 Å². The lowest BCUT2D eigenvalue weighted by Crippen LogP contribution is -2.17. The van der Waals surface area contributed by atoms with Gasteiger partial charge in [0.1, 0.15) is 4.93 Å². The first-order valence-corrected chi connectivity index (χ1v) is 5.54. The standard InChI is InChI=1S/C11H12O2S/c1-2-7-11(13)9-6-4-3-5-8(9)10(12)14-11/h3-6,13H,2,7H2,1H3. The first-order valence-electron chi connectivity index (χ1n) is 4.72. The molecule has 2 nitrogen and oxygen atoms in total. The van der Waals surface area contributed by atoms with E-state index in [2.05, 4.69) is 0 Å². The van der Waals surface area contributed by atoms with Crippen molar-refractivity contribution in [1.29, 1.82) is 0 Å². The summed E-state index contributed by atoms with van der Waals surface area (Å²) in [5, 5.41) is 10.2. The topological polar surface area (TPSA) is 37.3 Å². The second kappa shape index (κ2) is 3.41. The third-order valence-electron chi connectivity index (χ3n) is 2.42. The summed E-state index contributed by atoms with van der Waals surface area (Å²) in [5.41, 5.74) is 1.44. The fourth-order valence-corrected chi connectivity index (χ4v) is 2.98. The summed E-state index contributed by atoms with van der Waals surface area (Å²) >= 11 is 1.04. The average molecular weight is 208 g/mol. The number of hydrogen-bond donors (Lipinski definition) is 1. The van der Waals surface area contributed by atoms with Gasteiger partial charge < -0.3 is 5.11 Å². The van der Waals surface area contributed by atoms with Crippen LogP contribution in [0.15, 0.2) is 24.3 Å². The van der Waals surface area contributed by atoms with Gasteiger partial charge in [-0.15, -0.1) is 0 Å². The second-order valence-corrected chi connectivity index (χ2v) is 4.72. The number of fused-ring (bicyclic) bond motifs is 1. The third kappa shape index (κ3) is 1.37. The van der Waals surface area contributed by atoms with Gasteiger partial charge in [-0.3, -0.25) is 4.79 Å². The lowest BCUT2D eigenvalue weighted by atomic mass is 10.00. The van der Waals surface area contributed by atoms with Crippen LogP contribution in [0.3, 0.4) is 0 Å². The van der Waals surface area contributed by atoms with E-state index >= 15 is 0 Å². The van der Waals surface area contributed by atoms with Crippen molar-refractivity contribution in [2.24, 2.45) is 0 Å². The summed E-state index contributed by atoms with van der Waals surface area (Å²) < 4.78 is 0. The fourth-order valence-electron chi connectivity index (χ4n) is 1.79. The van der Waals surface area contributed by atoms with Crippen LogP contribution in [0.5, 0.6) is 0 Å². The number of carbonyl (C=O) groups excluding carboxylic acids is 1. The van der Waals surface area contributed by atoms with Crippen molar-refractivity contribution in [3.8, 4) is 0 Å². The van der Waals surface area contributed by atoms with Crippen LogP contribution in [0.4, 0.5) is 0 Å². The molecule has 1 aromatic rings. The molecule has 0 amide bonds. The highest BCUT2D eigenvalue weighted by Gasteiger charge is 2.41. The number of rotatable bonds is 2. The zero-order chi connectivity index (χ0) is 10.2. The van der Waals surface area contributed by atoms with Gasteiger partial charge in [0.15, 0.2) is 0 Å². The predicted molar refractivity (Wildman–Crippen MR) is 57.2 cm³/mol. The molecule has 74 valence electrons. The molecule has 0 saturated carbocycles. The molecule has 0 aliphatic carbocycles. The number of aliphatic hydroxyl groups is 1. The van der Waals surface area contributed by atoms with Crippen LogP contribution in [0, 0.1) is 0 Å². The number of benzene rings is 1. The molecule has 1 heterocycles. The molecular formula is C11H12O2S. The van der Waals surface area contributed by atoms with Crippen molar-refractivity contribution in [2.45, 2.75) is 24.7 Å². The molecule has 0 spiro atoms. The zero-order valence-electron chi connectivity index (χ0n) is 7.99. The minimum absolute atomic E-state index is 0.0171. The SMILES string of the molecule is CCCC1(O)SC(=O)c2ccccc21. The molecule has 3 heteroatoms. The highest BCUT2D eigenvalue weighted by Crippen LogP contribution is 2.47. The minimum atomic E-state index is -0.984. The second-order valence-electron chi connectivity index (χ2n) is 3.47. The van der Waals surface area contributed by atoms with Gasteiger partial charge in [0.05, 0.1) is 0 Å². The van der Waals surface area contributed by atoms with E-state index in [-0.39, 0.29) is 5.12 Å². The highest BCUT2D eigenvalue weighted by atomic mass is 32.2. The average Bonchev–Trinajstić information content (AvgIpc) is 2.41. The summed E-state index contributed by atoms with van der Waals surface area (Å²) in [7, 11) is 0. The van der Waals surface area contributed by atoms with Crippen LogP contribution in [-0.4, -0.2) is 10.2 Å². The van der Waals surface area contributed by atoms with Crippen LogP contribution in [0.2, 0.25) is 0 Å². The summed E-state index contributed by atoms with van der Waals surface area (Å²) in [6.07, 6.45) is 1.49. The summed E-state index contributed by atoms with van der Waals surface area (Å²) in [6.45, 7) is 2.00. The minimum Gasteiger partial charge on any atom is -0.375 e. The number of hydrogen-bond acceptors (Lipinski definition) is 3. The number of carbonyl (C=O) groups is 1. The first-order chi connectivity index (χ1) is 6.67. The normalized spacial score (nSPS) is 25.1. The zero-order valence-corrected chi connectivity index (χ0v) is 8.80. The Labute approximate surface area is 87.3 Å². The first kappa shape index (κ1) is 9.74. The van der Waals surface area contributed by atoms with Gasteiger partial charge in [0.25, 0.3) is 0 Å². The van der Waals surface area contributed by atoms with Crippen LogP contribution < -0.4 is 0 Å². The molecule has 1 atom stereocenters. The van der Waals surface area contributed by atoms with E-state index in [1.165, 1.54) is 0 Å². The van der Waals surface area contributed by atoms with Crippen LogP contribution in [0.25, 0.3) is 0 Å². The maximum atomic E-state index is 11.6. The maximum Gasteiger partial charge on any atom is 0.222 e. The van der Waals surface area contributed by atoms with E-state index in [4.69, 9.17) is 0 Å². The molecule has 0 fully saturated rings. The Morgan fingerprint density at radius 1 is 1.43 bits per heavy atom. The summed E-state index contributed by atoms with van der Waals surface area (Å²) in [5.74, 6) is 0. The number of thioether (sulfide) groups is 1. The highest BCUT2D eigenvalue weighted by molar-refractivity contribution is 8.15. The van der Waals surface area contributed by atoms with Crippen molar-refractivity contribution in [3.05, 3.63) is 35.4 Å². The molecule has 0 aromatic heterocycles. The Balaban J connectivity index is 2.48. The molecule has 1 N–H and O–H groups in total. The van der Waals surface area contributed by atoms with Gasteiger partial charge in [0.2, 0.25) is 5.12 Å². The van der Waals surface area contributed by atoms with Crippen molar-refractivity contribution in [1.82, 2.24) is 0 Å². The molecule has 2 rings (SSSR count). The van der Waals surface area contributed by atoms with E-state index in [0.717, 1.165) is 23.7 Å². The Morgan fingerprint density at radius 3 is 2.86 bits per heavy atom. The molecule has 14 heavy (non-hydrogen) atoms. The molecule has 1 aliphatic rings. The lowest BCUT2D eigenvalue weighted by Gasteiger charge is -2.20. The Morgan fingerprint density at radius 2 is 2.14 bits per heavy atom. The van der Waals surface area contributed by atoms with E-state index < -0.39 is 4.93 Å². The van der Waals surface area contributed by atoms with Gasteiger partial charge in [-0.1, -0.05) is 37.6 Å². The van der Waals surface area contributed by atoms with Crippen molar-refractivity contribution >= 4 is 16.9 Å². The molecule has 0 saturated heterocycles. The Kier molecular flexibility index (Phi) is 2.37. The summed E-state index contributed by atoms with van der Waals surface area (Å²) in [6, 6.07) is 7.30. The quantitative estimate of drug-likeness (QED) is 0.811. The smallest absolute Gasteiger partial charge is 0.222 e. The molecule has 0 radical (unpaired) electrons. The monoisotopic (exact) mass is 208 g/mol. The fraction of sp³-hybridized carbons (Fsp3) is 0.364. The molecule has 1 aromatic carbocycles. The lowest BCUT2D eigenvalue weighted by molar-refractivity contribution is 0.108. The van der Waals surface area contributed by atoms with E-state index in [9.17, 15) is 9.90 Å². The van der Waals surface area contributed by atoms with Crippen molar-refractivity contribution in [3.63, 3.8) is 0 Å². The third-order valence-corrected chi connectivity index (χ3v) is 3.59. The van der Waals surface area contributed by atoms with E-state index in [0.29, 0.717) is 12.0 Å². The van der Waals surface area contributed by atoms with E-state index in [1.807, 2.05) is 25.1 Å². The van der Waals surface area contributed by atoms with Crippen LogP contribution in [-0.2, 0) is 4.93 Å². The summed E-state index contributed by atoms with van der Waals surface area (Å²) in [4.78, 5) is 10.6. The maximum absolute atomic E-state index is 11.6. The van der Waals surface area contributed by atoms with Crippen LogP contribution >= 0.6 is 11.8 Å². The van der Waals surface area contributed by atoms with Crippen molar-refractivity contribution < 1.29 is 9.90 Å². The Bertz CT molecular complexity index is 375. The van der Waals surface area contributed by atoms with Gasteiger partial charge in [-0.2, -0.15) is 0 Å². The van der Waals surface area contributed by atoms with Gasteiger partial charge >= 0.3 is 0 Å². The van der Waals surface area contributed by atoms with Gasteiger partial charge in [-0.05, 0) is 18.2 Å². The molecular weight excluding hydrogens is 196 g/mol. The van der Waals surface area contributed by atoms with Crippen molar-refractivity contribution in [2.75, 3.05) is 0 Å². The Hall–Kier alpha value is -0.800.